The predicted octanol–water partition coefficient (Wildman–Crippen LogP) is 0.514. The molecule has 0 aliphatic rings. The van der Waals surface area contributed by atoms with Crippen LogP contribution in [0, 0.1) is 5.41 Å². The Morgan fingerprint density at radius 3 is 2.81 bits per heavy atom. The normalized spacial score (nSPS) is 11.3. The van der Waals surface area contributed by atoms with E-state index >= 15 is 0 Å². The molecule has 0 saturated heterocycles. The molecule has 0 saturated carbocycles. The zero-order chi connectivity index (χ0) is 19.0. The van der Waals surface area contributed by atoms with Crippen molar-refractivity contribution in [2.24, 2.45) is 5.73 Å². The molecule has 0 radical (unpaired) electrons. The van der Waals surface area contributed by atoms with Gasteiger partial charge in [-0.3, -0.25) is 19.4 Å². The first-order valence-corrected chi connectivity index (χ1v) is 8.41. The molecule has 4 rings (SSSR count). The summed E-state index contributed by atoms with van der Waals surface area (Å²) in [6.45, 7) is 1.09. The van der Waals surface area contributed by atoms with Gasteiger partial charge in [-0.25, -0.2) is 9.97 Å². The first-order valence-electron chi connectivity index (χ1n) is 8.41. The predicted molar refractivity (Wildman–Crippen MR) is 98.2 cm³/mol. The van der Waals surface area contributed by atoms with Crippen LogP contribution in [0.25, 0.3) is 16.7 Å². The van der Waals surface area contributed by atoms with Crippen molar-refractivity contribution in [2.75, 3.05) is 0 Å². The molecule has 0 spiro atoms. The van der Waals surface area contributed by atoms with E-state index in [1.165, 1.54) is 10.5 Å². The number of carbonyl (C=O) groups is 1. The number of fused-ring (bicyclic) bond motifs is 2. The van der Waals surface area contributed by atoms with Gasteiger partial charge in [0, 0.05) is 31.7 Å². The fraction of sp³-hybridized carbons (Fsp3) is 0.167. The van der Waals surface area contributed by atoms with Crippen LogP contribution >= 0.6 is 0 Å². The summed E-state index contributed by atoms with van der Waals surface area (Å²) in [6.07, 6.45) is 7.54. The highest BCUT2D eigenvalue weighted by atomic mass is 16.1. The average Bonchev–Trinajstić information content (AvgIpc) is 3.17. The largest absolute Gasteiger partial charge is 0.365 e. The summed E-state index contributed by atoms with van der Waals surface area (Å²) in [5.41, 5.74) is 5.92. The van der Waals surface area contributed by atoms with Crippen molar-refractivity contribution in [2.45, 2.75) is 19.5 Å². The Bertz CT molecular complexity index is 1270. The monoisotopic (exact) mass is 363 g/mol. The third-order valence-electron chi connectivity index (χ3n) is 4.44. The van der Waals surface area contributed by atoms with Gasteiger partial charge in [-0.2, -0.15) is 0 Å². The minimum absolute atomic E-state index is 0.0000815. The molecule has 3 N–H and O–H groups in total. The number of hydrogen-bond acceptors (Lipinski definition) is 5. The van der Waals surface area contributed by atoms with Crippen molar-refractivity contribution in [1.82, 2.24) is 23.5 Å². The molecule has 0 aliphatic heterocycles. The first-order chi connectivity index (χ1) is 13.1. The lowest BCUT2D eigenvalue weighted by molar-refractivity contribution is 0.0998. The van der Waals surface area contributed by atoms with Gasteiger partial charge in [0.15, 0.2) is 0 Å². The summed E-state index contributed by atoms with van der Waals surface area (Å²) >= 11 is 0. The van der Waals surface area contributed by atoms with E-state index in [0.717, 1.165) is 0 Å². The topological polar surface area (TPSA) is 124 Å². The van der Waals surface area contributed by atoms with Crippen LogP contribution in [0.15, 0.2) is 54.0 Å². The molecule has 4 aromatic heterocycles. The second-order valence-electron chi connectivity index (χ2n) is 6.16. The number of nitrogens with zero attached hydrogens (tertiary/aromatic N) is 5. The highest BCUT2D eigenvalue weighted by molar-refractivity contribution is 5.95. The van der Waals surface area contributed by atoms with Crippen LogP contribution in [-0.4, -0.2) is 29.4 Å². The zero-order valence-electron chi connectivity index (χ0n) is 14.4. The Hall–Kier alpha value is -3.75. The SMILES string of the molecule is N=c1c(C(N)=O)cc2c(=O)n3ccccc3nc2n1CCCn1ccnc1. The summed E-state index contributed by atoms with van der Waals surface area (Å²) in [7, 11) is 0. The van der Waals surface area contributed by atoms with Gasteiger partial charge in [-0.1, -0.05) is 6.07 Å². The van der Waals surface area contributed by atoms with Crippen LogP contribution in [0.3, 0.4) is 0 Å². The lowest BCUT2D eigenvalue weighted by Gasteiger charge is -2.14. The smallest absolute Gasteiger partial charge is 0.267 e. The maximum Gasteiger partial charge on any atom is 0.267 e. The molecule has 9 heteroatoms. The van der Waals surface area contributed by atoms with Crippen LogP contribution < -0.4 is 16.8 Å². The summed E-state index contributed by atoms with van der Waals surface area (Å²) in [4.78, 5) is 33.2. The van der Waals surface area contributed by atoms with Crippen molar-refractivity contribution in [3.05, 3.63) is 70.6 Å². The maximum atomic E-state index is 12.9. The molecule has 0 fully saturated rings. The van der Waals surface area contributed by atoms with Crippen LogP contribution in [0.5, 0.6) is 0 Å². The van der Waals surface area contributed by atoms with E-state index in [1.54, 1.807) is 41.5 Å². The number of primary amides is 1. The van der Waals surface area contributed by atoms with E-state index in [-0.39, 0.29) is 22.0 Å². The first kappa shape index (κ1) is 16.7. The van der Waals surface area contributed by atoms with Crippen LogP contribution in [0.2, 0.25) is 0 Å². The molecular weight excluding hydrogens is 346 g/mol. The highest BCUT2D eigenvalue weighted by Gasteiger charge is 2.15. The molecule has 1 amide bonds. The molecule has 0 aromatic carbocycles. The summed E-state index contributed by atoms with van der Waals surface area (Å²) in [6, 6.07) is 6.61. The fourth-order valence-electron chi connectivity index (χ4n) is 3.12. The summed E-state index contributed by atoms with van der Waals surface area (Å²) in [5, 5.41) is 8.64. The quantitative estimate of drug-likeness (QED) is 0.501. The summed E-state index contributed by atoms with van der Waals surface area (Å²) < 4.78 is 4.90. The zero-order valence-corrected chi connectivity index (χ0v) is 14.4. The molecule has 4 aromatic rings. The molecule has 0 bridgehead atoms. The van der Waals surface area contributed by atoms with Gasteiger partial charge >= 0.3 is 0 Å². The standard InChI is InChI=1S/C18H17N7O2/c19-15-12(16(20)26)10-13-17(22-14-4-1-2-7-24(14)18(13)27)25(15)8-3-6-23-9-5-21-11-23/h1-2,4-5,7,9-11,19H,3,6,8H2,(H2,20,26). The van der Waals surface area contributed by atoms with Gasteiger partial charge in [-0.05, 0) is 24.6 Å². The number of pyridine rings is 2. The molecule has 27 heavy (non-hydrogen) atoms. The minimum Gasteiger partial charge on any atom is -0.365 e. The van der Waals surface area contributed by atoms with Gasteiger partial charge < -0.3 is 14.9 Å². The summed E-state index contributed by atoms with van der Waals surface area (Å²) in [5.74, 6) is -0.747. The molecular formula is C18H17N7O2. The van der Waals surface area contributed by atoms with Crippen molar-refractivity contribution in [1.29, 1.82) is 5.41 Å². The number of aromatic nitrogens is 5. The van der Waals surface area contributed by atoms with E-state index in [2.05, 4.69) is 9.97 Å². The van der Waals surface area contributed by atoms with Gasteiger partial charge in [0.1, 0.15) is 16.8 Å². The number of nitrogens with one attached hydrogen (secondary N) is 1. The Morgan fingerprint density at radius 1 is 1.22 bits per heavy atom. The number of hydrogen-bond donors (Lipinski definition) is 2. The molecule has 9 nitrogen and oxygen atoms in total. The Kier molecular flexibility index (Phi) is 4.03. The number of amides is 1. The number of imidazole rings is 1. The molecule has 136 valence electrons. The number of aryl methyl sites for hydroxylation is 2. The van der Waals surface area contributed by atoms with Crippen molar-refractivity contribution in [3.63, 3.8) is 0 Å². The van der Waals surface area contributed by atoms with Crippen LogP contribution in [-0.2, 0) is 13.1 Å². The maximum absolute atomic E-state index is 12.9. The number of carbonyl (C=O) groups excluding carboxylic acids is 1. The second kappa shape index (κ2) is 6.52. The second-order valence-corrected chi connectivity index (χ2v) is 6.16. The Balaban J connectivity index is 1.91. The van der Waals surface area contributed by atoms with Gasteiger partial charge in [-0.15, -0.1) is 0 Å². The molecule has 0 atom stereocenters. The van der Waals surface area contributed by atoms with E-state index < -0.39 is 5.91 Å². The van der Waals surface area contributed by atoms with E-state index in [0.29, 0.717) is 30.8 Å². The Morgan fingerprint density at radius 2 is 2.07 bits per heavy atom. The lowest BCUT2D eigenvalue weighted by atomic mass is 10.2. The van der Waals surface area contributed by atoms with Crippen molar-refractivity contribution < 1.29 is 4.79 Å². The van der Waals surface area contributed by atoms with E-state index in [4.69, 9.17) is 11.1 Å². The van der Waals surface area contributed by atoms with Crippen molar-refractivity contribution >= 4 is 22.6 Å². The van der Waals surface area contributed by atoms with Crippen LogP contribution in [0.4, 0.5) is 0 Å². The molecule has 0 aliphatic carbocycles. The minimum atomic E-state index is -0.747. The highest BCUT2D eigenvalue weighted by Crippen LogP contribution is 2.11. The van der Waals surface area contributed by atoms with Gasteiger partial charge in [0.05, 0.1) is 17.3 Å². The van der Waals surface area contributed by atoms with Gasteiger partial charge in [0.25, 0.3) is 11.5 Å². The number of rotatable bonds is 5. The number of nitrogens with two attached hydrogens (primary N) is 1. The van der Waals surface area contributed by atoms with Crippen molar-refractivity contribution in [3.8, 4) is 0 Å². The third kappa shape index (κ3) is 2.88. The van der Waals surface area contributed by atoms with E-state index in [9.17, 15) is 9.59 Å². The lowest BCUT2D eigenvalue weighted by Crippen LogP contribution is -2.32. The molecule has 4 heterocycles. The van der Waals surface area contributed by atoms with Gasteiger partial charge in [0.2, 0.25) is 0 Å². The average molecular weight is 363 g/mol. The van der Waals surface area contributed by atoms with E-state index in [1.807, 2.05) is 10.8 Å². The fourth-order valence-corrected chi connectivity index (χ4v) is 3.12. The Labute approximate surface area is 152 Å². The van der Waals surface area contributed by atoms with Crippen LogP contribution in [0.1, 0.15) is 16.8 Å². The molecule has 0 unspecified atom stereocenters. The third-order valence-corrected chi connectivity index (χ3v) is 4.44.